The molecule has 2 amide bonds. The Bertz CT molecular complexity index is 866. The fourth-order valence-electron chi connectivity index (χ4n) is 3.57. The largest absolute Gasteiger partial charge is 0.496 e. The highest BCUT2D eigenvalue weighted by atomic mass is 16.5. The van der Waals surface area contributed by atoms with Gasteiger partial charge in [0.15, 0.2) is 0 Å². The Hall–Kier alpha value is -2.86. The molecule has 29 heavy (non-hydrogen) atoms. The fourth-order valence-corrected chi connectivity index (χ4v) is 3.57. The van der Waals surface area contributed by atoms with E-state index in [0.29, 0.717) is 19.5 Å². The number of carbonyl (C=O) groups excluding carboxylic acids is 2. The van der Waals surface area contributed by atoms with Crippen molar-refractivity contribution in [1.29, 1.82) is 0 Å². The number of methoxy groups -OCH3 is 1. The van der Waals surface area contributed by atoms with E-state index in [-0.39, 0.29) is 23.8 Å². The second kappa shape index (κ2) is 9.56. The predicted molar refractivity (Wildman–Crippen MR) is 112 cm³/mol. The van der Waals surface area contributed by atoms with Crippen molar-refractivity contribution in [3.63, 3.8) is 0 Å². The summed E-state index contributed by atoms with van der Waals surface area (Å²) >= 11 is 0. The van der Waals surface area contributed by atoms with Crippen LogP contribution in [0, 0.1) is 5.92 Å². The summed E-state index contributed by atoms with van der Waals surface area (Å²) in [6, 6.07) is 14.7. The molecule has 3 rings (SSSR count). The Labute approximate surface area is 172 Å². The van der Waals surface area contributed by atoms with Gasteiger partial charge in [-0.3, -0.25) is 9.59 Å². The highest BCUT2D eigenvalue weighted by Gasteiger charge is 2.29. The van der Waals surface area contributed by atoms with Crippen LogP contribution in [-0.4, -0.2) is 31.0 Å². The molecule has 0 saturated carbocycles. The van der Waals surface area contributed by atoms with Crippen LogP contribution in [0.2, 0.25) is 0 Å². The molecule has 154 valence electrons. The molecular weight excluding hydrogens is 366 g/mol. The molecule has 6 nitrogen and oxygen atoms in total. The summed E-state index contributed by atoms with van der Waals surface area (Å²) in [5.74, 6) is 0.344. The molecule has 0 spiro atoms. The van der Waals surface area contributed by atoms with E-state index in [2.05, 4.69) is 28.1 Å². The van der Waals surface area contributed by atoms with Gasteiger partial charge in [-0.05, 0) is 29.5 Å². The highest BCUT2D eigenvalue weighted by Crippen LogP contribution is 2.18. The number of rotatable bonds is 7. The third kappa shape index (κ3) is 5.15. The van der Waals surface area contributed by atoms with Crippen LogP contribution < -0.4 is 20.7 Å². The molecule has 2 aromatic carbocycles. The number of nitrogens with one attached hydrogen (secondary N) is 3. The smallest absolute Gasteiger partial charge is 0.243 e. The van der Waals surface area contributed by atoms with E-state index in [1.165, 1.54) is 11.1 Å². The molecule has 2 atom stereocenters. The van der Waals surface area contributed by atoms with Gasteiger partial charge < -0.3 is 20.7 Å². The van der Waals surface area contributed by atoms with E-state index >= 15 is 0 Å². The van der Waals surface area contributed by atoms with Crippen LogP contribution in [0.4, 0.5) is 0 Å². The molecular formula is C23H29N3O3. The van der Waals surface area contributed by atoms with Crippen molar-refractivity contribution in [2.75, 3.05) is 7.11 Å². The van der Waals surface area contributed by atoms with Gasteiger partial charge in [0, 0.05) is 18.7 Å². The normalized spacial score (nSPS) is 16.6. The van der Waals surface area contributed by atoms with Crippen molar-refractivity contribution in [1.82, 2.24) is 16.0 Å². The van der Waals surface area contributed by atoms with Crippen molar-refractivity contribution >= 4 is 11.8 Å². The summed E-state index contributed by atoms with van der Waals surface area (Å²) in [6.07, 6.45) is 0.621. The number of carbonyl (C=O) groups is 2. The minimum Gasteiger partial charge on any atom is -0.496 e. The van der Waals surface area contributed by atoms with Crippen LogP contribution in [0.1, 0.15) is 30.5 Å². The third-order valence-electron chi connectivity index (χ3n) is 5.29. The van der Waals surface area contributed by atoms with Gasteiger partial charge >= 0.3 is 0 Å². The third-order valence-corrected chi connectivity index (χ3v) is 5.29. The van der Waals surface area contributed by atoms with E-state index in [9.17, 15) is 9.59 Å². The molecule has 2 aromatic rings. The van der Waals surface area contributed by atoms with Gasteiger partial charge in [-0.2, -0.15) is 0 Å². The Morgan fingerprint density at radius 1 is 1.10 bits per heavy atom. The van der Waals surface area contributed by atoms with Crippen molar-refractivity contribution in [2.24, 2.45) is 5.92 Å². The van der Waals surface area contributed by atoms with Gasteiger partial charge in [0.25, 0.3) is 0 Å². The van der Waals surface area contributed by atoms with Crippen LogP contribution in [0.25, 0.3) is 0 Å². The maximum atomic E-state index is 12.8. The number of hydrogen-bond donors (Lipinski definition) is 3. The van der Waals surface area contributed by atoms with E-state index in [0.717, 1.165) is 11.3 Å². The van der Waals surface area contributed by atoms with Gasteiger partial charge in [-0.25, -0.2) is 0 Å². The minimum absolute atomic E-state index is 0.0347. The lowest BCUT2D eigenvalue weighted by molar-refractivity contribution is -0.131. The van der Waals surface area contributed by atoms with Crippen LogP contribution in [0.3, 0.4) is 0 Å². The number of hydrogen-bond acceptors (Lipinski definition) is 4. The van der Waals surface area contributed by atoms with Crippen LogP contribution in [-0.2, 0) is 29.1 Å². The van der Waals surface area contributed by atoms with E-state index in [4.69, 9.17) is 4.74 Å². The first-order valence-corrected chi connectivity index (χ1v) is 9.99. The zero-order valence-electron chi connectivity index (χ0n) is 17.2. The summed E-state index contributed by atoms with van der Waals surface area (Å²) in [4.78, 5) is 25.6. The van der Waals surface area contributed by atoms with Crippen molar-refractivity contribution < 1.29 is 14.3 Å². The molecule has 0 fully saturated rings. The molecule has 1 aliphatic heterocycles. The first kappa shape index (κ1) is 20.9. The first-order valence-electron chi connectivity index (χ1n) is 9.99. The lowest BCUT2D eigenvalue weighted by atomic mass is 9.94. The van der Waals surface area contributed by atoms with Gasteiger partial charge in [0.05, 0.1) is 13.2 Å². The summed E-state index contributed by atoms with van der Waals surface area (Å²) < 4.78 is 5.33. The monoisotopic (exact) mass is 395 g/mol. The topological polar surface area (TPSA) is 79.5 Å². The standard InChI is InChI=1S/C23H29N3O3/c1-15(2)21(23(28)25-14-18-10-6-7-11-20(18)29-3)26-22(27)19-12-16-8-4-5-9-17(16)13-24-19/h4-11,15,19,21,24H,12-14H2,1-3H3,(H,25,28)(H,26,27)/t19-,21+/m0/s1. The zero-order valence-corrected chi connectivity index (χ0v) is 17.2. The average Bonchev–Trinajstić information content (AvgIpc) is 2.75. The summed E-state index contributed by atoms with van der Waals surface area (Å²) in [5.41, 5.74) is 3.28. The van der Waals surface area contributed by atoms with Crippen LogP contribution in [0.5, 0.6) is 5.75 Å². The molecule has 0 aromatic heterocycles. The van der Waals surface area contributed by atoms with Gasteiger partial charge in [0.1, 0.15) is 11.8 Å². The molecule has 0 aliphatic carbocycles. The second-order valence-corrected chi connectivity index (χ2v) is 7.67. The molecule has 1 heterocycles. The Balaban J connectivity index is 1.61. The molecule has 0 radical (unpaired) electrons. The number of fused-ring (bicyclic) bond motifs is 1. The number of para-hydroxylation sites is 1. The van der Waals surface area contributed by atoms with Crippen molar-refractivity contribution in [3.8, 4) is 5.75 Å². The van der Waals surface area contributed by atoms with Crippen molar-refractivity contribution in [2.45, 2.75) is 45.4 Å². The van der Waals surface area contributed by atoms with Crippen LogP contribution in [0.15, 0.2) is 48.5 Å². The quantitative estimate of drug-likeness (QED) is 0.671. The average molecular weight is 396 g/mol. The molecule has 6 heteroatoms. The molecule has 3 N–H and O–H groups in total. The molecule has 0 bridgehead atoms. The highest BCUT2D eigenvalue weighted by molar-refractivity contribution is 5.90. The molecule has 0 saturated heterocycles. The summed E-state index contributed by atoms with van der Waals surface area (Å²) in [7, 11) is 1.60. The van der Waals surface area contributed by atoms with Crippen LogP contribution >= 0.6 is 0 Å². The van der Waals surface area contributed by atoms with Gasteiger partial charge in [-0.1, -0.05) is 56.3 Å². The minimum atomic E-state index is -0.601. The maximum Gasteiger partial charge on any atom is 0.243 e. The predicted octanol–water partition coefficient (Wildman–Crippen LogP) is 2.17. The SMILES string of the molecule is COc1ccccc1CNC(=O)[C@H](NC(=O)[C@@H]1Cc2ccccc2CN1)C(C)C. The Morgan fingerprint density at radius 2 is 1.79 bits per heavy atom. The summed E-state index contributed by atoms with van der Waals surface area (Å²) in [6.45, 7) is 4.85. The lowest BCUT2D eigenvalue weighted by Crippen LogP contribution is -2.55. The number of benzene rings is 2. The van der Waals surface area contributed by atoms with E-state index in [1.54, 1.807) is 7.11 Å². The fraction of sp³-hybridized carbons (Fsp3) is 0.391. The molecule has 0 unspecified atom stereocenters. The zero-order chi connectivity index (χ0) is 20.8. The maximum absolute atomic E-state index is 12.8. The van der Waals surface area contributed by atoms with Gasteiger partial charge in [0.2, 0.25) is 11.8 Å². The summed E-state index contributed by atoms with van der Waals surface area (Å²) in [5, 5.41) is 9.13. The Morgan fingerprint density at radius 3 is 2.52 bits per heavy atom. The Kier molecular flexibility index (Phi) is 6.88. The van der Waals surface area contributed by atoms with E-state index < -0.39 is 6.04 Å². The molecule has 1 aliphatic rings. The van der Waals surface area contributed by atoms with E-state index in [1.807, 2.05) is 50.2 Å². The second-order valence-electron chi connectivity index (χ2n) is 7.67. The number of amides is 2. The first-order chi connectivity index (χ1) is 14.0. The number of ether oxygens (including phenoxy) is 1. The van der Waals surface area contributed by atoms with Crippen molar-refractivity contribution in [3.05, 3.63) is 65.2 Å². The van der Waals surface area contributed by atoms with Gasteiger partial charge in [-0.15, -0.1) is 0 Å². The lowest BCUT2D eigenvalue weighted by Gasteiger charge is -2.28.